The minimum atomic E-state index is -1.00. The lowest BCUT2D eigenvalue weighted by molar-refractivity contribution is -0.137. The Kier molecular flexibility index (Phi) is 4.62. The number of rotatable bonds is 4. The molecule has 4 nitrogen and oxygen atoms in total. The van der Waals surface area contributed by atoms with Crippen molar-refractivity contribution in [2.45, 2.75) is 6.42 Å². The highest BCUT2D eigenvalue weighted by Gasteiger charge is 2.18. The number of hydrogen-bond acceptors (Lipinski definition) is 2. The van der Waals surface area contributed by atoms with E-state index in [2.05, 4.69) is 15.9 Å². The van der Waals surface area contributed by atoms with Gasteiger partial charge >= 0.3 is 5.97 Å². The monoisotopic (exact) mass is 303 g/mol. The molecule has 0 saturated heterocycles. The zero-order valence-corrected chi connectivity index (χ0v) is 10.7. The molecule has 1 rings (SSSR count). The summed E-state index contributed by atoms with van der Waals surface area (Å²) < 4.78 is 13.8. The fourth-order valence-corrected chi connectivity index (χ4v) is 1.61. The Hall–Kier alpha value is -1.43. The zero-order valence-electron chi connectivity index (χ0n) is 9.11. The second kappa shape index (κ2) is 5.77. The van der Waals surface area contributed by atoms with E-state index in [1.807, 2.05) is 0 Å². The Bertz CT molecular complexity index is 450. The molecule has 0 aliphatic carbocycles. The van der Waals surface area contributed by atoms with Crippen LogP contribution in [0.25, 0.3) is 0 Å². The SMILES string of the molecule is CN(CCC(=O)O)C(=O)c1cccc(Br)c1F. The third-order valence-electron chi connectivity index (χ3n) is 2.19. The lowest BCUT2D eigenvalue weighted by Gasteiger charge is -2.16. The van der Waals surface area contributed by atoms with Crippen molar-refractivity contribution in [3.8, 4) is 0 Å². The first-order valence-corrected chi connectivity index (χ1v) is 5.64. The fraction of sp³-hybridized carbons (Fsp3) is 0.273. The highest BCUT2D eigenvalue weighted by molar-refractivity contribution is 9.10. The molecule has 6 heteroatoms. The zero-order chi connectivity index (χ0) is 13.0. The number of aliphatic carboxylic acids is 1. The van der Waals surface area contributed by atoms with Crippen LogP contribution in [0, 0.1) is 5.82 Å². The van der Waals surface area contributed by atoms with E-state index in [-0.39, 0.29) is 23.0 Å². The van der Waals surface area contributed by atoms with E-state index in [4.69, 9.17) is 5.11 Å². The van der Waals surface area contributed by atoms with E-state index < -0.39 is 17.7 Å². The average Bonchev–Trinajstić information content (AvgIpc) is 2.28. The molecular weight excluding hydrogens is 293 g/mol. The molecule has 0 saturated carbocycles. The van der Waals surface area contributed by atoms with Crippen LogP contribution in [0.4, 0.5) is 4.39 Å². The van der Waals surface area contributed by atoms with Crippen molar-refractivity contribution < 1.29 is 19.1 Å². The maximum absolute atomic E-state index is 13.6. The van der Waals surface area contributed by atoms with E-state index in [0.29, 0.717) is 0 Å². The Balaban J connectivity index is 2.82. The van der Waals surface area contributed by atoms with Gasteiger partial charge in [0.15, 0.2) is 0 Å². The summed E-state index contributed by atoms with van der Waals surface area (Å²) >= 11 is 2.99. The first-order chi connectivity index (χ1) is 7.93. The van der Waals surface area contributed by atoms with Crippen LogP contribution in [-0.2, 0) is 4.79 Å². The number of carbonyl (C=O) groups excluding carboxylic acids is 1. The van der Waals surface area contributed by atoms with Crippen molar-refractivity contribution in [3.05, 3.63) is 34.1 Å². The summed E-state index contributed by atoms with van der Waals surface area (Å²) in [6.45, 7) is 0.0418. The highest BCUT2D eigenvalue weighted by Crippen LogP contribution is 2.19. The molecule has 0 aliphatic rings. The lowest BCUT2D eigenvalue weighted by Crippen LogP contribution is -2.29. The van der Waals surface area contributed by atoms with Gasteiger partial charge in [0.1, 0.15) is 5.82 Å². The third-order valence-corrected chi connectivity index (χ3v) is 2.80. The van der Waals surface area contributed by atoms with Gasteiger partial charge in [0.05, 0.1) is 16.5 Å². The van der Waals surface area contributed by atoms with E-state index in [1.54, 1.807) is 6.07 Å². The van der Waals surface area contributed by atoms with E-state index >= 15 is 0 Å². The smallest absolute Gasteiger partial charge is 0.305 e. The third kappa shape index (κ3) is 3.52. The quantitative estimate of drug-likeness (QED) is 0.927. The summed E-state index contributed by atoms with van der Waals surface area (Å²) in [5, 5.41) is 8.49. The number of halogens is 2. The highest BCUT2D eigenvalue weighted by atomic mass is 79.9. The van der Waals surface area contributed by atoms with Crippen LogP contribution >= 0.6 is 15.9 Å². The maximum atomic E-state index is 13.6. The molecular formula is C11H11BrFNO3. The van der Waals surface area contributed by atoms with Crippen LogP contribution in [0.3, 0.4) is 0 Å². The van der Waals surface area contributed by atoms with Crippen LogP contribution in [-0.4, -0.2) is 35.5 Å². The van der Waals surface area contributed by atoms with E-state index in [1.165, 1.54) is 24.1 Å². The number of hydrogen-bond donors (Lipinski definition) is 1. The van der Waals surface area contributed by atoms with Crippen molar-refractivity contribution >= 4 is 27.8 Å². The van der Waals surface area contributed by atoms with Crippen LogP contribution < -0.4 is 0 Å². The minimum Gasteiger partial charge on any atom is -0.481 e. The summed E-state index contributed by atoms with van der Waals surface area (Å²) in [6, 6.07) is 4.40. The molecule has 1 N–H and O–H groups in total. The first kappa shape index (κ1) is 13.6. The minimum absolute atomic E-state index is 0.0418. The summed E-state index contributed by atoms with van der Waals surface area (Å²) in [4.78, 5) is 23.3. The van der Waals surface area contributed by atoms with Gasteiger partial charge in [-0.1, -0.05) is 6.07 Å². The Labute approximate surface area is 106 Å². The molecule has 92 valence electrons. The Morgan fingerprint density at radius 2 is 2.12 bits per heavy atom. The van der Waals surface area contributed by atoms with Crippen molar-refractivity contribution in [1.82, 2.24) is 4.90 Å². The van der Waals surface area contributed by atoms with Gasteiger partial charge in [-0.05, 0) is 28.1 Å². The molecule has 1 aromatic rings. The van der Waals surface area contributed by atoms with Gasteiger partial charge in [0.25, 0.3) is 5.91 Å². The molecule has 0 aliphatic heterocycles. The molecule has 1 aromatic carbocycles. The molecule has 0 radical (unpaired) electrons. The van der Waals surface area contributed by atoms with Crippen LogP contribution in [0.1, 0.15) is 16.8 Å². The predicted molar refractivity (Wildman–Crippen MR) is 63.3 cm³/mol. The van der Waals surface area contributed by atoms with Crippen molar-refractivity contribution in [2.75, 3.05) is 13.6 Å². The normalized spacial score (nSPS) is 10.1. The van der Waals surface area contributed by atoms with Gasteiger partial charge < -0.3 is 10.0 Å². The molecule has 0 aromatic heterocycles. The van der Waals surface area contributed by atoms with Crippen LogP contribution in [0.2, 0.25) is 0 Å². The van der Waals surface area contributed by atoms with Crippen molar-refractivity contribution in [1.29, 1.82) is 0 Å². The van der Waals surface area contributed by atoms with Gasteiger partial charge in [-0.3, -0.25) is 9.59 Å². The maximum Gasteiger partial charge on any atom is 0.305 e. The molecule has 1 amide bonds. The summed E-state index contributed by atoms with van der Waals surface area (Å²) in [5.41, 5.74) is -0.0766. The number of carbonyl (C=O) groups is 2. The lowest BCUT2D eigenvalue weighted by atomic mass is 10.2. The predicted octanol–water partition coefficient (Wildman–Crippen LogP) is 2.13. The van der Waals surface area contributed by atoms with Crippen LogP contribution in [0.15, 0.2) is 22.7 Å². The number of carboxylic acids is 1. The first-order valence-electron chi connectivity index (χ1n) is 4.84. The summed E-state index contributed by atoms with van der Waals surface area (Å²) in [7, 11) is 1.44. The van der Waals surface area contributed by atoms with Crippen molar-refractivity contribution in [3.63, 3.8) is 0 Å². The molecule has 0 spiro atoms. The molecule has 0 heterocycles. The van der Waals surface area contributed by atoms with Crippen LogP contribution in [0.5, 0.6) is 0 Å². The molecule has 0 unspecified atom stereocenters. The van der Waals surface area contributed by atoms with E-state index in [0.717, 1.165) is 0 Å². The van der Waals surface area contributed by atoms with Gasteiger partial charge in [-0.2, -0.15) is 0 Å². The number of nitrogens with zero attached hydrogens (tertiary/aromatic N) is 1. The molecule has 17 heavy (non-hydrogen) atoms. The van der Waals surface area contributed by atoms with Gasteiger partial charge in [0, 0.05) is 13.6 Å². The number of carboxylic acid groups (broad SMARTS) is 1. The van der Waals surface area contributed by atoms with Gasteiger partial charge in [0.2, 0.25) is 0 Å². The Morgan fingerprint density at radius 3 is 2.71 bits per heavy atom. The summed E-state index contributed by atoms with van der Waals surface area (Å²) in [5.74, 6) is -2.18. The topological polar surface area (TPSA) is 57.6 Å². The van der Waals surface area contributed by atoms with E-state index in [9.17, 15) is 14.0 Å². The second-order valence-corrected chi connectivity index (χ2v) is 4.33. The standard InChI is InChI=1S/C11H11BrFNO3/c1-14(6-5-9(15)16)11(17)7-3-2-4-8(12)10(7)13/h2-4H,5-6H2,1H3,(H,15,16). The second-order valence-electron chi connectivity index (χ2n) is 3.47. The Morgan fingerprint density at radius 1 is 1.47 bits per heavy atom. The number of benzene rings is 1. The van der Waals surface area contributed by atoms with Gasteiger partial charge in [-0.15, -0.1) is 0 Å². The van der Waals surface area contributed by atoms with Crippen molar-refractivity contribution in [2.24, 2.45) is 0 Å². The summed E-state index contributed by atoms with van der Waals surface area (Å²) in [6.07, 6.45) is -0.169. The number of amides is 1. The molecule has 0 atom stereocenters. The average molecular weight is 304 g/mol. The molecule has 0 bridgehead atoms. The fourth-order valence-electron chi connectivity index (χ4n) is 1.24. The largest absolute Gasteiger partial charge is 0.481 e. The molecule has 0 fully saturated rings. The van der Waals surface area contributed by atoms with Gasteiger partial charge in [-0.25, -0.2) is 4.39 Å².